The first-order valence-electron chi connectivity index (χ1n) is 7.25. The van der Waals surface area contributed by atoms with E-state index in [9.17, 15) is 9.59 Å². The van der Waals surface area contributed by atoms with Crippen molar-refractivity contribution in [3.63, 3.8) is 0 Å². The molecular formula is C15H22N2O3. The highest BCUT2D eigenvalue weighted by molar-refractivity contribution is 5.76. The zero-order valence-corrected chi connectivity index (χ0v) is 11.7. The number of amides is 1. The van der Waals surface area contributed by atoms with Crippen molar-refractivity contribution >= 4 is 5.91 Å². The minimum absolute atomic E-state index is 0.00168. The second-order valence-electron chi connectivity index (χ2n) is 5.22. The van der Waals surface area contributed by atoms with Crippen LogP contribution in [0.25, 0.3) is 0 Å². The van der Waals surface area contributed by atoms with Crippen molar-refractivity contribution in [1.82, 2.24) is 9.88 Å². The van der Waals surface area contributed by atoms with Gasteiger partial charge in [-0.15, -0.1) is 0 Å². The molecule has 0 aromatic carbocycles. The summed E-state index contributed by atoms with van der Waals surface area (Å²) < 4.78 is 7.02. The Kier molecular flexibility index (Phi) is 5.80. The van der Waals surface area contributed by atoms with E-state index in [0.717, 1.165) is 25.9 Å². The molecule has 1 atom stereocenters. The molecule has 0 spiro atoms. The third kappa shape index (κ3) is 4.81. The van der Waals surface area contributed by atoms with Gasteiger partial charge in [0.05, 0.1) is 0 Å². The van der Waals surface area contributed by atoms with Crippen molar-refractivity contribution in [3.8, 4) is 0 Å². The lowest BCUT2D eigenvalue weighted by Crippen LogP contribution is -2.30. The average Bonchev–Trinajstić information content (AvgIpc) is 2.46. The van der Waals surface area contributed by atoms with Gasteiger partial charge >= 0.3 is 0 Å². The fourth-order valence-corrected chi connectivity index (χ4v) is 2.43. The van der Waals surface area contributed by atoms with Crippen LogP contribution in [0.4, 0.5) is 0 Å². The molecule has 2 rings (SSSR count). The maximum absolute atomic E-state index is 11.8. The molecule has 1 saturated heterocycles. The topological polar surface area (TPSA) is 60.3 Å². The molecule has 0 bridgehead atoms. The maximum Gasteiger partial charge on any atom is 0.250 e. The largest absolute Gasteiger partial charge is 0.381 e. The average molecular weight is 278 g/mol. The van der Waals surface area contributed by atoms with Crippen LogP contribution < -0.4 is 10.9 Å². The van der Waals surface area contributed by atoms with Crippen LogP contribution in [0.2, 0.25) is 0 Å². The molecule has 1 aliphatic rings. The molecule has 1 N–H and O–H groups in total. The highest BCUT2D eigenvalue weighted by Gasteiger charge is 2.17. The molecular weight excluding hydrogens is 256 g/mol. The SMILES string of the molecule is O=C(C[C@H]1CCCOC1)NCCCn1ccccc1=O. The van der Waals surface area contributed by atoms with Crippen LogP contribution in [-0.2, 0) is 16.1 Å². The lowest BCUT2D eigenvalue weighted by molar-refractivity contribution is -0.123. The van der Waals surface area contributed by atoms with Crippen molar-refractivity contribution in [3.05, 3.63) is 34.7 Å². The third-order valence-electron chi connectivity index (χ3n) is 3.53. The van der Waals surface area contributed by atoms with Crippen molar-refractivity contribution in [1.29, 1.82) is 0 Å². The molecule has 20 heavy (non-hydrogen) atoms. The highest BCUT2D eigenvalue weighted by Crippen LogP contribution is 2.16. The molecule has 1 fully saturated rings. The number of nitrogens with one attached hydrogen (secondary N) is 1. The fourth-order valence-electron chi connectivity index (χ4n) is 2.43. The van der Waals surface area contributed by atoms with Crippen molar-refractivity contribution < 1.29 is 9.53 Å². The Morgan fingerprint density at radius 2 is 2.35 bits per heavy atom. The van der Waals surface area contributed by atoms with Crippen LogP contribution in [0, 0.1) is 5.92 Å². The summed E-state index contributed by atoms with van der Waals surface area (Å²) in [5.74, 6) is 0.446. The van der Waals surface area contributed by atoms with Gasteiger partial charge in [-0.1, -0.05) is 6.07 Å². The summed E-state index contributed by atoms with van der Waals surface area (Å²) in [5, 5.41) is 2.91. The minimum atomic E-state index is -0.00168. The van der Waals surface area contributed by atoms with Crippen LogP contribution in [0.15, 0.2) is 29.2 Å². The van der Waals surface area contributed by atoms with E-state index in [2.05, 4.69) is 5.32 Å². The number of nitrogens with zero attached hydrogens (tertiary/aromatic N) is 1. The standard InChI is InChI=1S/C15H22N2O3/c18-14(11-13-5-3-10-20-12-13)16-7-4-9-17-8-2-1-6-15(17)19/h1-2,6,8,13H,3-5,7,9-12H2,(H,16,18)/t13-/m1/s1. The molecule has 0 radical (unpaired) electrons. The van der Waals surface area contributed by atoms with E-state index in [1.165, 1.54) is 0 Å². The molecule has 5 nitrogen and oxygen atoms in total. The van der Waals surface area contributed by atoms with Crippen molar-refractivity contribution in [2.24, 2.45) is 5.92 Å². The number of pyridine rings is 1. The Balaban J connectivity index is 1.62. The highest BCUT2D eigenvalue weighted by atomic mass is 16.5. The summed E-state index contributed by atoms with van der Waals surface area (Å²) in [6.45, 7) is 2.76. The summed E-state index contributed by atoms with van der Waals surface area (Å²) in [6.07, 6.45) is 5.20. The van der Waals surface area contributed by atoms with Crippen LogP contribution in [0.1, 0.15) is 25.7 Å². The number of rotatable bonds is 6. The Labute approximate surface area is 118 Å². The second kappa shape index (κ2) is 7.85. The number of aromatic nitrogens is 1. The Morgan fingerprint density at radius 3 is 3.10 bits per heavy atom. The van der Waals surface area contributed by atoms with Gasteiger partial charge in [-0.3, -0.25) is 9.59 Å². The summed E-state index contributed by atoms with van der Waals surface area (Å²) in [6, 6.07) is 5.11. The van der Waals surface area contributed by atoms with E-state index in [-0.39, 0.29) is 11.5 Å². The summed E-state index contributed by atoms with van der Waals surface area (Å²) >= 11 is 0. The number of aryl methyl sites for hydroxylation is 1. The first-order chi connectivity index (χ1) is 9.75. The lowest BCUT2D eigenvalue weighted by atomic mass is 9.98. The van der Waals surface area contributed by atoms with Crippen LogP contribution in [-0.4, -0.2) is 30.2 Å². The number of carbonyl (C=O) groups excluding carboxylic acids is 1. The Bertz CT molecular complexity index is 478. The minimum Gasteiger partial charge on any atom is -0.381 e. The smallest absolute Gasteiger partial charge is 0.250 e. The number of ether oxygens (including phenoxy) is 1. The maximum atomic E-state index is 11.8. The molecule has 0 saturated carbocycles. The van der Waals surface area contributed by atoms with Gasteiger partial charge in [-0.05, 0) is 31.2 Å². The van der Waals surface area contributed by atoms with Crippen LogP contribution in [0.5, 0.6) is 0 Å². The number of hydrogen-bond acceptors (Lipinski definition) is 3. The monoisotopic (exact) mass is 278 g/mol. The van der Waals surface area contributed by atoms with Gasteiger partial charge in [0.2, 0.25) is 11.5 Å². The molecule has 1 aromatic heterocycles. The van der Waals surface area contributed by atoms with E-state index in [1.54, 1.807) is 22.9 Å². The normalized spacial score (nSPS) is 18.7. The van der Waals surface area contributed by atoms with E-state index in [1.807, 2.05) is 6.07 Å². The molecule has 1 aromatic rings. The third-order valence-corrected chi connectivity index (χ3v) is 3.53. The van der Waals surface area contributed by atoms with Gasteiger partial charge in [-0.25, -0.2) is 0 Å². The summed E-state index contributed by atoms with van der Waals surface area (Å²) in [4.78, 5) is 23.2. The Morgan fingerprint density at radius 1 is 1.45 bits per heavy atom. The molecule has 1 aliphatic heterocycles. The molecule has 0 aliphatic carbocycles. The predicted molar refractivity (Wildman–Crippen MR) is 76.5 cm³/mol. The van der Waals surface area contributed by atoms with E-state index >= 15 is 0 Å². The molecule has 110 valence electrons. The van der Waals surface area contributed by atoms with Gasteiger partial charge in [0.15, 0.2) is 0 Å². The van der Waals surface area contributed by atoms with Crippen molar-refractivity contribution in [2.45, 2.75) is 32.2 Å². The van der Waals surface area contributed by atoms with E-state index < -0.39 is 0 Å². The van der Waals surface area contributed by atoms with Crippen molar-refractivity contribution in [2.75, 3.05) is 19.8 Å². The quantitative estimate of drug-likeness (QED) is 0.795. The molecule has 2 heterocycles. The van der Waals surface area contributed by atoms with Crippen LogP contribution in [0.3, 0.4) is 0 Å². The van der Waals surface area contributed by atoms with E-state index in [0.29, 0.717) is 32.0 Å². The summed E-state index contributed by atoms with van der Waals surface area (Å²) in [5.41, 5.74) is -0.00168. The first-order valence-corrected chi connectivity index (χ1v) is 7.25. The van der Waals surface area contributed by atoms with Crippen LogP contribution >= 0.6 is 0 Å². The zero-order chi connectivity index (χ0) is 14.2. The van der Waals surface area contributed by atoms with Gasteiger partial charge in [-0.2, -0.15) is 0 Å². The van der Waals surface area contributed by atoms with Gasteiger partial charge < -0.3 is 14.6 Å². The first kappa shape index (κ1) is 14.8. The Hall–Kier alpha value is -1.62. The fraction of sp³-hybridized carbons (Fsp3) is 0.600. The van der Waals surface area contributed by atoms with Gasteiger partial charge in [0.25, 0.3) is 0 Å². The zero-order valence-electron chi connectivity index (χ0n) is 11.7. The molecule has 0 unspecified atom stereocenters. The van der Waals surface area contributed by atoms with Gasteiger partial charge in [0.1, 0.15) is 0 Å². The number of carbonyl (C=O) groups is 1. The summed E-state index contributed by atoms with van der Waals surface area (Å²) in [7, 11) is 0. The predicted octanol–water partition coefficient (Wildman–Crippen LogP) is 1.17. The van der Waals surface area contributed by atoms with E-state index in [4.69, 9.17) is 4.74 Å². The second-order valence-corrected chi connectivity index (χ2v) is 5.22. The lowest BCUT2D eigenvalue weighted by Gasteiger charge is -2.21. The van der Waals surface area contributed by atoms with Gasteiger partial charge in [0, 0.05) is 45.0 Å². The number of hydrogen-bond donors (Lipinski definition) is 1. The molecule has 1 amide bonds. The molecule has 5 heteroatoms.